The van der Waals surface area contributed by atoms with E-state index in [0.717, 1.165) is 60.3 Å². The Balaban J connectivity index is 1.16. The van der Waals surface area contributed by atoms with Crippen LogP contribution in [0.1, 0.15) is 84.0 Å². The standard InChI is InChI=1S/C41H42ClFN4O2/c1-28-15-17-41(21-36-34(26-49-41)35(42)19-38(45-36)48-27-40-16-8-18-47(40)25-31(43)20-40)39-32(28)13-14-37(33(39)22-44)46(23-29-9-4-2-5-10-29)24-30-11-6-3-7-12-30/h2-7,9-14,19,28,31H,8,15-18,20-21,23-27H2,1H3/t28-,31+,40-,41-/m0/s1. The highest BCUT2D eigenvalue weighted by Gasteiger charge is 2.50. The van der Waals surface area contributed by atoms with Gasteiger partial charge in [0.2, 0.25) is 5.88 Å². The van der Waals surface area contributed by atoms with E-state index >= 15 is 0 Å². The van der Waals surface area contributed by atoms with E-state index in [9.17, 15) is 9.65 Å². The number of benzene rings is 3. The van der Waals surface area contributed by atoms with Crippen LogP contribution in [-0.2, 0) is 36.5 Å². The Morgan fingerprint density at radius 1 is 1.06 bits per heavy atom. The van der Waals surface area contributed by atoms with Crippen molar-refractivity contribution in [2.75, 3.05) is 24.6 Å². The van der Waals surface area contributed by atoms with Gasteiger partial charge in [-0.25, -0.2) is 9.37 Å². The summed E-state index contributed by atoms with van der Waals surface area (Å²) in [7, 11) is 0. The van der Waals surface area contributed by atoms with Gasteiger partial charge in [0.15, 0.2) is 0 Å². The smallest absolute Gasteiger partial charge is 0.215 e. The molecule has 0 radical (unpaired) electrons. The summed E-state index contributed by atoms with van der Waals surface area (Å²) in [4.78, 5) is 9.60. The maximum Gasteiger partial charge on any atom is 0.215 e. The number of anilines is 1. The van der Waals surface area contributed by atoms with E-state index in [1.165, 1.54) is 11.1 Å². The first-order chi connectivity index (χ1) is 23.9. The highest BCUT2D eigenvalue weighted by Crippen LogP contribution is 2.52. The molecule has 0 bridgehead atoms. The van der Waals surface area contributed by atoms with Gasteiger partial charge in [0.1, 0.15) is 24.4 Å². The third-order valence-electron chi connectivity index (χ3n) is 11.4. The number of ether oxygens (including phenoxy) is 2. The Bertz CT molecular complexity index is 1840. The molecule has 0 saturated carbocycles. The Morgan fingerprint density at radius 3 is 2.51 bits per heavy atom. The van der Waals surface area contributed by atoms with Crippen molar-refractivity contribution in [1.82, 2.24) is 9.88 Å². The second kappa shape index (κ2) is 13.1. The minimum absolute atomic E-state index is 0.268. The number of pyridine rings is 1. The van der Waals surface area contributed by atoms with E-state index in [0.29, 0.717) is 62.2 Å². The molecule has 8 rings (SSSR count). The third-order valence-corrected chi connectivity index (χ3v) is 11.7. The van der Waals surface area contributed by atoms with Gasteiger partial charge in [0, 0.05) is 49.7 Å². The number of fused-ring (bicyclic) bond motifs is 4. The van der Waals surface area contributed by atoms with E-state index in [1.807, 2.05) is 12.1 Å². The molecule has 0 N–H and O–H groups in total. The van der Waals surface area contributed by atoms with Gasteiger partial charge in [0.05, 0.1) is 34.1 Å². The number of aromatic nitrogens is 1. The number of alkyl halides is 1. The number of rotatable bonds is 8. The largest absolute Gasteiger partial charge is 0.476 e. The van der Waals surface area contributed by atoms with Crippen molar-refractivity contribution < 1.29 is 13.9 Å². The maximum atomic E-state index is 14.4. The van der Waals surface area contributed by atoms with Gasteiger partial charge in [-0.15, -0.1) is 0 Å². The SMILES string of the molecule is C[C@H]1CC[C@]2(Cc3nc(OC[C@@]45CCCN4C[C@H](F)C5)cc(Cl)c3CO2)c2c1ccc(N(Cc1ccccc1)Cc1ccccc1)c2C#N. The minimum atomic E-state index is -0.815. The summed E-state index contributed by atoms with van der Waals surface area (Å²) in [5.41, 5.74) is 6.81. The van der Waals surface area contributed by atoms with Crippen molar-refractivity contribution in [3.8, 4) is 11.9 Å². The predicted octanol–water partition coefficient (Wildman–Crippen LogP) is 8.63. The van der Waals surface area contributed by atoms with Gasteiger partial charge in [-0.3, -0.25) is 4.90 Å². The average Bonchev–Trinajstić information content (AvgIpc) is 3.65. The first-order valence-corrected chi connectivity index (χ1v) is 18.0. The van der Waals surface area contributed by atoms with Crippen LogP contribution in [0.15, 0.2) is 78.9 Å². The quantitative estimate of drug-likeness (QED) is 0.186. The zero-order valence-electron chi connectivity index (χ0n) is 28.0. The highest BCUT2D eigenvalue weighted by atomic mass is 35.5. The fraction of sp³-hybridized carbons (Fsp3) is 0.415. The minimum Gasteiger partial charge on any atom is -0.476 e. The highest BCUT2D eigenvalue weighted by molar-refractivity contribution is 6.31. The van der Waals surface area contributed by atoms with E-state index in [4.69, 9.17) is 26.1 Å². The molecular formula is C41H42ClFN4O2. The Kier molecular flexibility index (Phi) is 8.60. The molecule has 6 nitrogen and oxygen atoms in total. The van der Waals surface area contributed by atoms with Crippen molar-refractivity contribution in [1.29, 1.82) is 5.26 Å². The summed E-state index contributed by atoms with van der Waals surface area (Å²) in [6.45, 7) is 5.67. The van der Waals surface area contributed by atoms with Crippen LogP contribution in [-0.4, -0.2) is 41.3 Å². The first kappa shape index (κ1) is 32.3. The van der Waals surface area contributed by atoms with Crippen LogP contribution < -0.4 is 9.64 Å². The molecule has 2 fully saturated rings. The van der Waals surface area contributed by atoms with Gasteiger partial charge in [-0.1, -0.05) is 85.3 Å². The maximum absolute atomic E-state index is 14.4. The van der Waals surface area contributed by atoms with Gasteiger partial charge in [-0.05, 0) is 60.9 Å². The summed E-state index contributed by atoms with van der Waals surface area (Å²) in [5.74, 6) is 0.758. The molecule has 1 spiro atoms. The molecule has 0 amide bonds. The van der Waals surface area contributed by atoms with Crippen molar-refractivity contribution >= 4 is 17.3 Å². The lowest BCUT2D eigenvalue weighted by atomic mass is 9.69. The van der Waals surface area contributed by atoms with Crippen LogP contribution in [0.5, 0.6) is 5.88 Å². The lowest BCUT2D eigenvalue weighted by Gasteiger charge is -2.45. The summed E-state index contributed by atoms with van der Waals surface area (Å²) in [6, 6.07) is 29.6. The van der Waals surface area contributed by atoms with Crippen LogP contribution >= 0.6 is 11.6 Å². The molecule has 4 aliphatic rings. The van der Waals surface area contributed by atoms with E-state index in [2.05, 4.69) is 83.5 Å². The average molecular weight is 677 g/mol. The molecule has 4 heterocycles. The molecule has 0 unspecified atom stereocenters. The van der Waals surface area contributed by atoms with Gasteiger partial charge < -0.3 is 14.4 Å². The fourth-order valence-corrected chi connectivity index (χ4v) is 9.16. The van der Waals surface area contributed by atoms with Gasteiger partial charge >= 0.3 is 0 Å². The second-order valence-corrected chi connectivity index (χ2v) is 14.9. The van der Waals surface area contributed by atoms with E-state index in [-0.39, 0.29) is 11.5 Å². The summed E-state index contributed by atoms with van der Waals surface area (Å²) < 4.78 is 27.7. The fourth-order valence-electron chi connectivity index (χ4n) is 8.90. The van der Waals surface area contributed by atoms with Gasteiger partial charge in [0.25, 0.3) is 0 Å². The number of halogens is 2. The molecule has 3 aromatic carbocycles. The molecule has 1 aromatic heterocycles. The molecule has 3 aliphatic heterocycles. The summed E-state index contributed by atoms with van der Waals surface area (Å²) >= 11 is 6.88. The molecule has 49 heavy (non-hydrogen) atoms. The summed E-state index contributed by atoms with van der Waals surface area (Å²) in [6.07, 6.45) is 3.89. The van der Waals surface area contributed by atoms with Crippen LogP contribution in [0.4, 0.5) is 10.1 Å². The monoisotopic (exact) mass is 676 g/mol. The third kappa shape index (κ3) is 5.98. The van der Waals surface area contributed by atoms with Gasteiger partial charge in [-0.2, -0.15) is 5.26 Å². The van der Waals surface area contributed by atoms with Crippen molar-refractivity contribution in [3.05, 3.63) is 123 Å². The Labute approximate surface area is 293 Å². The lowest BCUT2D eigenvalue weighted by Crippen LogP contribution is -2.43. The van der Waals surface area contributed by atoms with Crippen molar-refractivity contribution in [2.24, 2.45) is 0 Å². The second-order valence-electron chi connectivity index (χ2n) is 14.5. The van der Waals surface area contributed by atoms with Crippen molar-refractivity contribution in [3.63, 3.8) is 0 Å². The van der Waals surface area contributed by atoms with Crippen LogP contribution in [0.3, 0.4) is 0 Å². The summed E-state index contributed by atoms with van der Waals surface area (Å²) in [5, 5.41) is 11.6. The predicted molar refractivity (Wildman–Crippen MR) is 190 cm³/mol. The normalized spacial score (nSPS) is 25.8. The number of nitrogens with zero attached hydrogens (tertiary/aromatic N) is 4. The molecular weight excluding hydrogens is 635 g/mol. The Hall–Kier alpha value is -3.96. The molecule has 4 atom stereocenters. The molecule has 252 valence electrons. The molecule has 4 aromatic rings. The van der Waals surface area contributed by atoms with Crippen LogP contribution in [0.25, 0.3) is 0 Å². The van der Waals surface area contributed by atoms with Crippen LogP contribution in [0.2, 0.25) is 5.02 Å². The zero-order valence-corrected chi connectivity index (χ0v) is 28.8. The van der Waals surface area contributed by atoms with Crippen molar-refractivity contribution in [2.45, 2.75) is 88.4 Å². The van der Waals surface area contributed by atoms with E-state index in [1.54, 1.807) is 6.07 Å². The molecule has 2 saturated heterocycles. The van der Waals surface area contributed by atoms with Crippen LogP contribution in [0, 0.1) is 11.3 Å². The number of nitriles is 1. The molecule has 8 heteroatoms. The topological polar surface area (TPSA) is 61.6 Å². The Morgan fingerprint density at radius 2 is 1.80 bits per heavy atom. The number of hydrogen-bond acceptors (Lipinski definition) is 6. The van der Waals surface area contributed by atoms with E-state index < -0.39 is 11.8 Å². The first-order valence-electron chi connectivity index (χ1n) is 17.6. The lowest BCUT2D eigenvalue weighted by molar-refractivity contribution is -0.0873. The molecule has 1 aliphatic carbocycles. The zero-order chi connectivity index (χ0) is 33.6. The number of hydrogen-bond donors (Lipinski definition) is 0.